The van der Waals surface area contributed by atoms with E-state index in [2.05, 4.69) is 10.1 Å². The number of hydrogen-bond acceptors (Lipinski definition) is 4. The van der Waals surface area contributed by atoms with Gasteiger partial charge in [0.2, 0.25) is 0 Å². The Labute approximate surface area is 79.4 Å². The Bertz CT molecular complexity index is 289. The van der Waals surface area contributed by atoms with Gasteiger partial charge in [-0.3, -0.25) is 4.98 Å². The van der Waals surface area contributed by atoms with E-state index in [1.165, 1.54) is 12.3 Å². The summed E-state index contributed by atoms with van der Waals surface area (Å²) in [4.78, 5) is 3.86. The summed E-state index contributed by atoms with van der Waals surface area (Å²) in [7, 11) is 0. The minimum Gasteiger partial charge on any atom is -0.486 e. The standard InChI is InChI=1S/C8H9F2N3O/c9-8(10)5-14-7-2-1-6(3-13-11)12-4-7/h1-2,4,8,11H,3,5H2. The third-order valence-electron chi connectivity index (χ3n) is 1.41. The molecule has 0 aromatic carbocycles. The van der Waals surface area contributed by atoms with Crippen LogP contribution in [0, 0.1) is 5.53 Å². The molecule has 1 aromatic heterocycles. The molecule has 0 atom stereocenters. The molecule has 0 aliphatic heterocycles. The summed E-state index contributed by atoms with van der Waals surface area (Å²) in [5.74, 6) is 0.291. The first-order valence-corrected chi connectivity index (χ1v) is 3.91. The molecule has 0 aliphatic carbocycles. The van der Waals surface area contributed by atoms with Gasteiger partial charge in [-0.25, -0.2) is 14.3 Å². The van der Waals surface area contributed by atoms with Gasteiger partial charge in [0.25, 0.3) is 6.43 Å². The molecule has 6 heteroatoms. The maximum Gasteiger partial charge on any atom is 0.272 e. The van der Waals surface area contributed by atoms with E-state index in [4.69, 9.17) is 10.3 Å². The zero-order valence-corrected chi connectivity index (χ0v) is 7.28. The van der Waals surface area contributed by atoms with Gasteiger partial charge in [-0.1, -0.05) is 0 Å². The van der Waals surface area contributed by atoms with Crippen molar-refractivity contribution in [1.82, 2.24) is 4.98 Å². The third kappa shape index (κ3) is 3.42. The average Bonchev–Trinajstić information content (AvgIpc) is 2.17. The molecule has 0 spiro atoms. The Morgan fingerprint density at radius 2 is 2.29 bits per heavy atom. The fourth-order valence-electron chi connectivity index (χ4n) is 0.830. The second-order valence-corrected chi connectivity index (χ2v) is 2.50. The van der Waals surface area contributed by atoms with Gasteiger partial charge in [0.15, 0.2) is 0 Å². The van der Waals surface area contributed by atoms with Crippen LogP contribution in [0.1, 0.15) is 5.69 Å². The molecule has 4 nitrogen and oxygen atoms in total. The van der Waals surface area contributed by atoms with Gasteiger partial charge in [0, 0.05) is 0 Å². The minimum atomic E-state index is -2.49. The number of ether oxygens (including phenoxy) is 1. The number of halogens is 2. The monoisotopic (exact) mass is 201 g/mol. The number of nitrogens with one attached hydrogen (secondary N) is 1. The summed E-state index contributed by atoms with van der Waals surface area (Å²) in [5.41, 5.74) is 7.19. The molecule has 1 N–H and O–H groups in total. The van der Waals surface area contributed by atoms with Crippen LogP contribution in [-0.4, -0.2) is 18.0 Å². The van der Waals surface area contributed by atoms with E-state index in [0.717, 1.165) is 0 Å². The molecule has 76 valence electrons. The molecule has 0 bridgehead atoms. The molecular formula is C8H9F2N3O. The fourth-order valence-corrected chi connectivity index (χ4v) is 0.830. The van der Waals surface area contributed by atoms with Gasteiger partial charge in [-0.2, -0.15) is 5.11 Å². The molecule has 1 rings (SSSR count). The van der Waals surface area contributed by atoms with Crippen molar-refractivity contribution in [3.63, 3.8) is 0 Å². The van der Waals surface area contributed by atoms with Crippen LogP contribution in [-0.2, 0) is 6.54 Å². The summed E-state index contributed by atoms with van der Waals surface area (Å²) in [5, 5.41) is 3.14. The van der Waals surface area contributed by atoms with Crippen molar-refractivity contribution < 1.29 is 13.5 Å². The summed E-state index contributed by atoms with van der Waals surface area (Å²) in [6, 6.07) is 3.11. The highest BCUT2D eigenvalue weighted by atomic mass is 19.3. The Morgan fingerprint density at radius 1 is 1.50 bits per heavy atom. The van der Waals surface area contributed by atoms with Crippen LogP contribution < -0.4 is 4.74 Å². The average molecular weight is 201 g/mol. The third-order valence-corrected chi connectivity index (χ3v) is 1.41. The molecule has 0 saturated heterocycles. The highest BCUT2D eigenvalue weighted by Gasteiger charge is 2.03. The first-order valence-electron chi connectivity index (χ1n) is 3.91. The molecule has 0 amide bonds. The molecule has 1 aromatic rings. The smallest absolute Gasteiger partial charge is 0.272 e. The normalized spacial score (nSPS) is 10.2. The first kappa shape index (κ1) is 10.5. The van der Waals surface area contributed by atoms with Crippen molar-refractivity contribution in [2.45, 2.75) is 13.0 Å². The van der Waals surface area contributed by atoms with Crippen molar-refractivity contribution >= 4 is 0 Å². The quantitative estimate of drug-likeness (QED) is 0.743. The fraction of sp³-hybridized carbons (Fsp3) is 0.375. The van der Waals surface area contributed by atoms with Crippen molar-refractivity contribution in [3.8, 4) is 5.75 Å². The SMILES string of the molecule is N=NCc1ccc(OCC(F)F)cn1. The zero-order chi connectivity index (χ0) is 10.4. The van der Waals surface area contributed by atoms with Crippen molar-refractivity contribution in [2.24, 2.45) is 5.11 Å². The summed E-state index contributed by atoms with van der Waals surface area (Å²) in [6.07, 6.45) is -1.15. The van der Waals surface area contributed by atoms with Gasteiger partial charge < -0.3 is 4.74 Å². The Hall–Kier alpha value is -1.59. The van der Waals surface area contributed by atoms with Crippen LogP contribution >= 0.6 is 0 Å². The van der Waals surface area contributed by atoms with Crippen molar-refractivity contribution in [1.29, 1.82) is 5.53 Å². The second kappa shape index (κ2) is 5.21. The highest BCUT2D eigenvalue weighted by Crippen LogP contribution is 2.10. The van der Waals surface area contributed by atoms with Crippen LogP contribution in [0.2, 0.25) is 0 Å². The molecule has 0 radical (unpaired) electrons. The first-order chi connectivity index (χ1) is 6.72. The number of aromatic nitrogens is 1. The molecule has 0 aliphatic rings. The lowest BCUT2D eigenvalue weighted by atomic mass is 10.3. The molecular weight excluding hydrogens is 192 g/mol. The van der Waals surface area contributed by atoms with Gasteiger partial charge >= 0.3 is 0 Å². The van der Waals surface area contributed by atoms with Crippen LogP contribution in [0.25, 0.3) is 0 Å². The lowest BCUT2D eigenvalue weighted by Crippen LogP contribution is -2.07. The Balaban J connectivity index is 2.50. The van der Waals surface area contributed by atoms with E-state index < -0.39 is 13.0 Å². The van der Waals surface area contributed by atoms with Gasteiger partial charge in [-0.05, 0) is 12.1 Å². The topological polar surface area (TPSA) is 58.3 Å². The number of alkyl halides is 2. The number of rotatable bonds is 5. The van der Waals surface area contributed by atoms with E-state index >= 15 is 0 Å². The van der Waals surface area contributed by atoms with Crippen LogP contribution in [0.15, 0.2) is 23.4 Å². The van der Waals surface area contributed by atoms with E-state index in [9.17, 15) is 8.78 Å². The predicted octanol–water partition coefficient (Wildman–Crippen LogP) is 2.26. The van der Waals surface area contributed by atoms with E-state index in [0.29, 0.717) is 11.4 Å². The molecule has 0 fully saturated rings. The lowest BCUT2D eigenvalue weighted by molar-refractivity contribution is 0.0817. The number of hydrogen-bond donors (Lipinski definition) is 1. The largest absolute Gasteiger partial charge is 0.486 e. The second-order valence-electron chi connectivity index (χ2n) is 2.50. The van der Waals surface area contributed by atoms with Crippen LogP contribution in [0.4, 0.5) is 8.78 Å². The predicted molar refractivity (Wildman–Crippen MR) is 44.6 cm³/mol. The summed E-state index contributed by atoms with van der Waals surface area (Å²) >= 11 is 0. The molecule has 0 saturated carbocycles. The van der Waals surface area contributed by atoms with Crippen molar-refractivity contribution in [2.75, 3.05) is 6.61 Å². The zero-order valence-electron chi connectivity index (χ0n) is 7.28. The van der Waals surface area contributed by atoms with E-state index in [-0.39, 0.29) is 6.54 Å². The number of nitrogens with zero attached hydrogens (tertiary/aromatic N) is 2. The van der Waals surface area contributed by atoms with Crippen molar-refractivity contribution in [3.05, 3.63) is 24.0 Å². The molecule has 1 heterocycles. The van der Waals surface area contributed by atoms with Gasteiger partial charge in [-0.15, -0.1) is 0 Å². The van der Waals surface area contributed by atoms with E-state index in [1.54, 1.807) is 6.07 Å². The molecule has 14 heavy (non-hydrogen) atoms. The molecule has 0 unspecified atom stereocenters. The highest BCUT2D eigenvalue weighted by molar-refractivity contribution is 5.19. The lowest BCUT2D eigenvalue weighted by Gasteiger charge is -2.04. The van der Waals surface area contributed by atoms with Crippen LogP contribution in [0.5, 0.6) is 5.75 Å². The van der Waals surface area contributed by atoms with E-state index in [1.807, 2.05) is 0 Å². The van der Waals surface area contributed by atoms with Crippen LogP contribution in [0.3, 0.4) is 0 Å². The summed E-state index contributed by atoms with van der Waals surface area (Å²) < 4.78 is 28.2. The van der Waals surface area contributed by atoms with Gasteiger partial charge in [0.1, 0.15) is 18.9 Å². The minimum absolute atomic E-state index is 0.190. The Morgan fingerprint density at radius 3 is 2.79 bits per heavy atom. The van der Waals surface area contributed by atoms with Gasteiger partial charge in [0.05, 0.1) is 11.9 Å². The maximum absolute atomic E-state index is 11.7. The Kier molecular flexibility index (Phi) is 3.90. The number of pyridine rings is 1. The maximum atomic E-state index is 11.7. The summed E-state index contributed by atoms with van der Waals surface area (Å²) in [6.45, 7) is -0.445.